The number of ether oxygens (including phenoxy) is 2. The van der Waals surface area contributed by atoms with Crippen molar-refractivity contribution in [3.63, 3.8) is 0 Å². The number of hydrogen-bond acceptors (Lipinski definition) is 6. The number of hydrogen-bond donors (Lipinski definition) is 2. The second-order valence-electron chi connectivity index (χ2n) is 6.65. The Kier molecular flexibility index (Phi) is 5.34. The predicted octanol–water partition coefficient (Wildman–Crippen LogP) is 2.87. The Morgan fingerprint density at radius 1 is 1.17 bits per heavy atom. The fourth-order valence-corrected chi connectivity index (χ4v) is 3.16. The third kappa shape index (κ3) is 3.95. The van der Waals surface area contributed by atoms with Gasteiger partial charge >= 0.3 is 0 Å². The number of carbonyl (C=O) groups excluding carboxylic acids is 2. The molecule has 3 aromatic rings. The summed E-state index contributed by atoms with van der Waals surface area (Å²) in [4.78, 5) is 29.4. The van der Waals surface area contributed by atoms with Crippen LogP contribution in [0.2, 0.25) is 0 Å². The summed E-state index contributed by atoms with van der Waals surface area (Å²) in [5, 5.41) is 9.96. The molecule has 1 aliphatic rings. The fourth-order valence-electron chi connectivity index (χ4n) is 3.16. The van der Waals surface area contributed by atoms with E-state index in [0.29, 0.717) is 23.9 Å². The number of anilines is 2. The predicted molar refractivity (Wildman–Crippen MR) is 111 cm³/mol. The number of benzene rings is 2. The first-order valence-corrected chi connectivity index (χ1v) is 9.52. The molecule has 1 aliphatic heterocycles. The summed E-state index contributed by atoms with van der Waals surface area (Å²) in [6, 6.07) is 13.5. The Morgan fingerprint density at radius 3 is 2.53 bits per heavy atom. The minimum atomic E-state index is -0.806. The first kappa shape index (κ1) is 19.4. The van der Waals surface area contributed by atoms with E-state index in [2.05, 4.69) is 20.7 Å². The summed E-state index contributed by atoms with van der Waals surface area (Å²) < 4.78 is 12.0. The van der Waals surface area contributed by atoms with E-state index in [4.69, 9.17) is 9.47 Å². The molecule has 154 valence electrons. The highest BCUT2D eigenvalue weighted by molar-refractivity contribution is 6.00. The maximum absolute atomic E-state index is 12.9. The van der Waals surface area contributed by atoms with E-state index < -0.39 is 6.04 Å². The molecular formula is C21H21N5O4. The van der Waals surface area contributed by atoms with Crippen molar-refractivity contribution in [3.05, 3.63) is 48.5 Å². The van der Waals surface area contributed by atoms with Crippen LogP contribution in [0.3, 0.4) is 0 Å². The van der Waals surface area contributed by atoms with Crippen LogP contribution in [0.25, 0.3) is 11.4 Å². The van der Waals surface area contributed by atoms with Crippen LogP contribution in [0, 0.1) is 0 Å². The zero-order valence-electron chi connectivity index (χ0n) is 16.6. The highest BCUT2D eigenvalue weighted by atomic mass is 16.5. The number of nitrogens with one attached hydrogen (secondary N) is 2. The number of nitrogens with zero attached hydrogens (tertiary/aromatic N) is 3. The molecule has 0 saturated heterocycles. The summed E-state index contributed by atoms with van der Waals surface area (Å²) in [6.07, 6.45) is -0.0265. The number of amides is 2. The second-order valence-corrected chi connectivity index (χ2v) is 6.65. The second kappa shape index (κ2) is 8.24. The number of rotatable bonds is 6. The summed E-state index contributed by atoms with van der Waals surface area (Å²) in [7, 11) is 1.59. The van der Waals surface area contributed by atoms with E-state index in [-0.39, 0.29) is 24.2 Å². The van der Waals surface area contributed by atoms with Gasteiger partial charge in [-0.1, -0.05) is 0 Å². The highest BCUT2D eigenvalue weighted by Gasteiger charge is 2.33. The summed E-state index contributed by atoms with van der Waals surface area (Å²) in [5.74, 6) is 1.45. The fraction of sp³-hybridized carbons (Fsp3) is 0.238. The van der Waals surface area contributed by atoms with Gasteiger partial charge in [-0.25, -0.2) is 4.68 Å². The Bertz CT molecular complexity index is 1060. The number of aromatic nitrogens is 3. The normalized spacial score (nSPS) is 15.1. The standard InChI is InChI=1S/C21H21N5O4/c1-3-30-16-10-6-14(7-11-16)22-20(28)17-12-18(27)23-21-24-19(25-26(17)21)13-4-8-15(29-2)9-5-13/h4-11,17H,3,12H2,1-2H3,(H,22,28)(H,23,24,25,27)/t17-/m0/s1. The Labute approximate surface area is 173 Å². The van der Waals surface area contributed by atoms with Crippen LogP contribution in [0.4, 0.5) is 11.6 Å². The van der Waals surface area contributed by atoms with Gasteiger partial charge in [0.05, 0.1) is 20.1 Å². The molecule has 2 heterocycles. The van der Waals surface area contributed by atoms with Crippen molar-refractivity contribution in [1.29, 1.82) is 0 Å². The molecule has 0 aliphatic carbocycles. The minimum absolute atomic E-state index is 0.0265. The van der Waals surface area contributed by atoms with E-state index >= 15 is 0 Å². The largest absolute Gasteiger partial charge is 0.497 e. The van der Waals surface area contributed by atoms with E-state index in [0.717, 1.165) is 11.3 Å². The Hall–Kier alpha value is -3.88. The van der Waals surface area contributed by atoms with Gasteiger partial charge in [-0.2, -0.15) is 4.98 Å². The topological polar surface area (TPSA) is 107 Å². The molecule has 0 spiro atoms. The molecule has 2 amide bonds. The van der Waals surface area contributed by atoms with Crippen LogP contribution in [-0.2, 0) is 9.59 Å². The smallest absolute Gasteiger partial charge is 0.249 e. The molecule has 30 heavy (non-hydrogen) atoms. The van der Waals surface area contributed by atoms with Gasteiger partial charge in [0.1, 0.15) is 17.5 Å². The maximum atomic E-state index is 12.9. The van der Waals surface area contributed by atoms with Gasteiger partial charge in [0.25, 0.3) is 0 Å². The lowest BCUT2D eigenvalue weighted by molar-refractivity contribution is -0.125. The highest BCUT2D eigenvalue weighted by Crippen LogP contribution is 2.28. The van der Waals surface area contributed by atoms with Crippen molar-refractivity contribution in [2.75, 3.05) is 24.4 Å². The molecule has 1 atom stereocenters. The van der Waals surface area contributed by atoms with E-state index in [9.17, 15) is 9.59 Å². The third-order valence-electron chi connectivity index (χ3n) is 4.64. The van der Waals surface area contributed by atoms with E-state index in [1.165, 1.54) is 4.68 Å². The summed E-state index contributed by atoms with van der Waals surface area (Å²) in [6.45, 7) is 2.47. The van der Waals surface area contributed by atoms with E-state index in [1.54, 1.807) is 43.5 Å². The number of methoxy groups -OCH3 is 1. The van der Waals surface area contributed by atoms with Gasteiger partial charge in [0.2, 0.25) is 17.8 Å². The van der Waals surface area contributed by atoms with Crippen molar-refractivity contribution in [1.82, 2.24) is 14.8 Å². The molecule has 9 nitrogen and oxygen atoms in total. The molecule has 2 aromatic carbocycles. The van der Waals surface area contributed by atoms with Gasteiger partial charge in [0.15, 0.2) is 5.82 Å². The molecule has 0 fully saturated rings. The molecular weight excluding hydrogens is 386 g/mol. The minimum Gasteiger partial charge on any atom is -0.497 e. The lowest BCUT2D eigenvalue weighted by Gasteiger charge is -2.22. The SMILES string of the molecule is CCOc1ccc(NC(=O)[C@@H]2CC(=O)Nc3nc(-c4ccc(OC)cc4)nn32)cc1. The Morgan fingerprint density at radius 2 is 1.87 bits per heavy atom. The zero-order chi connectivity index (χ0) is 21.1. The van der Waals surface area contributed by atoms with Gasteiger partial charge < -0.3 is 14.8 Å². The number of fused-ring (bicyclic) bond motifs is 1. The van der Waals surface area contributed by atoms with Gasteiger partial charge in [0, 0.05) is 11.3 Å². The molecule has 0 bridgehead atoms. The van der Waals surface area contributed by atoms with Crippen molar-refractivity contribution in [2.24, 2.45) is 0 Å². The van der Waals surface area contributed by atoms with Crippen LogP contribution in [0.1, 0.15) is 19.4 Å². The Balaban J connectivity index is 1.56. The molecule has 0 saturated carbocycles. The number of carbonyl (C=O) groups is 2. The average Bonchev–Trinajstić information content (AvgIpc) is 3.18. The monoisotopic (exact) mass is 407 g/mol. The van der Waals surface area contributed by atoms with Gasteiger partial charge in [-0.15, -0.1) is 5.10 Å². The first-order valence-electron chi connectivity index (χ1n) is 9.52. The van der Waals surface area contributed by atoms with Crippen LogP contribution >= 0.6 is 0 Å². The third-order valence-corrected chi connectivity index (χ3v) is 4.64. The van der Waals surface area contributed by atoms with Crippen molar-refractivity contribution in [3.8, 4) is 22.9 Å². The molecule has 0 unspecified atom stereocenters. The molecule has 0 radical (unpaired) electrons. The zero-order valence-corrected chi connectivity index (χ0v) is 16.6. The molecule has 4 rings (SSSR count). The molecule has 2 N–H and O–H groups in total. The van der Waals surface area contributed by atoms with Gasteiger partial charge in [-0.05, 0) is 55.5 Å². The van der Waals surface area contributed by atoms with Crippen LogP contribution in [0.15, 0.2) is 48.5 Å². The summed E-state index contributed by atoms with van der Waals surface area (Å²) >= 11 is 0. The van der Waals surface area contributed by atoms with Crippen molar-refractivity contribution in [2.45, 2.75) is 19.4 Å². The quantitative estimate of drug-likeness (QED) is 0.651. The molecule has 1 aromatic heterocycles. The van der Waals surface area contributed by atoms with Gasteiger partial charge in [-0.3, -0.25) is 14.9 Å². The van der Waals surface area contributed by atoms with Crippen molar-refractivity contribution >= 4 is 23.5 Å². The van der Waals surface area contributed by atoms with Crippen LogP contribution < -0.4 is 20.1 Å². The lowest BCUT2D eigenvalue weighted by atomic mass is 10.1. The van der Waals surface area contributed by atoms with Crippen LogP contribution in [0.5, 0.6) is 11.5 Å². The summed E-state index contributed by atoms with van der Waals surface area (Å²) in [5.41, 5.74) is 1.35. The lowest BCUT2D eigenvalue weighted by Crippen LogP contribution is -2.36. The maximum Gasteiger partial charge on any atom is 0.249 e. The van der Waals surface area contributed by atoms with E-state index in [1.807, 2.05) is 19.1 Å². The average molecular weight is 407 g/mol. The first-order chi connectivity index (χ1) is 14.6. The van der Waals surface area contributed by atoms with Crippen LogP contribution in [-0.4, -0.2) is 40.3 Å². The van der Waals surface area contributed by atoms with Crippen molar-refractivity contribution < 1.29 is 19.1 Å². The molecule has 9 heteroatoms.